The summed E-state index contributed by atoms with van der Waals surface area (Å²) in [5.41, 5.74) is 1.43. The highest BCUT2D eigenvalue weighted by atomic mass is 32.2. The molecule has 7 heteroatoms. The molecule has 0 N–H and O–H groups in total. The molecule has 2 aromatic carbocycles. The summed E-state index contributed by atoms with van der Waals surface area (Å²) in [6, 6.07) is 14.2. The molecule has 6 nitrogen and oxygen atoms in total. The number of rotatable bonds is 4. The third kappa shape index (κ3) is 3.16. The van der Waals surface area contributed by atoms with E-state index in [0.717, 1.165) is 11.3 Å². The third-order valence-corrected chi connectivity index (χ3v) is 4.82. The monoisotopic (exact) mass is 343 g/mol. The van der Waals surface area contributed by atoms with Crippen molar-refractivity contribution in [3.05, 3.63) is 59.7 Å². The van der Waals surface area contributed by atoms with Crippen LogP contribution < -0.4 is 4.74 Å². The van der Waals surface area contributed by atoms with E-state index < -0.39 is 10.0 Å². The molecule has 0 unspecified atom stereocenters. The zero-order chi connectivity index (χ0) is 17.2. The lowest BCUT2D eigenvalue weighted by atomic mass is 10.2. The molecule has 0 fully saturated rings. The van der Waals surface area contributed by atoms with Gasteiger partial charge in [0.25, 0.3) is 10.0 Å². The molecular weight excluding hydrogens is 326 g/mol. The molecule has 0 aliphatic carbocycles. The van der Waals surface area contributed by atoms with Crippen LogP contribution in [0.2, 0.25) is 0 Å². The Morgan fingerprint density at radius 2 is 1.88 bits per heavy atom. The van der Waals surface area contributed by atoms with Crippen LogP contribution in [0.25, 0.3) is 0 Å². The number of benzene rings is 2. The van der Waals surface area contributed by atoms with Gasteiger partial charge in [-0.05, 0) is 48.9 Å². The van der Waals surface area contributed by atoms with E-state index >= 15 is 0 Å². The summed E-state index contributed by atoms with van der Waals surface area (Å²) in [7, 11) is -1.97. The van der Waals surface area contributed by atoms with E-state index in [1.54, 1.807) is 37.5 Å². The molecule has 1 heterocycles. The van der Waals surface area contributed by atoms with Gasteiger partial charge in [0, 0.05) is 12.6 Å². The summed E-state index contributed by atoms with van der Waals surface area (Å²) in [6.45, 7) is 2.54. The van der Waals surface area contributed by atoms with Crippen LogP contribution in [0.5, 0.6) is 5.75 Å². The van der Waals surface area contributed by atoms with Crippen molar-refractivity contribution in [2.45, 2.75) is 11.8 Å². The smallest absolute Gasteiger partial charge is 0.285 e. The molecule has 0 radical (unpaired) electrons. The highest BCUT2D eigenvalue weighted by molar-refractivity contribution is 7.90. The fraction of sp³-hybridized carbons (Fsp3) is 0.176. The molecule has 0 saturated carbocycles. The van der Waals surface area contributed by atoms with Gasteiger partial charge in [-0.1, -0.05) is 12.1 Å². The van der Waals surface area contributed by atoms with E-state index in [2.05, 4.69) is 9.50 Å². The molecule has 0 bridgehead atoms. The van der Waals surface area contributed by atoms with Gasteiger partial charge in [0.2, 0.25) is 0 Å². The van der Waals surface area contributed by atoms with Crippen LogP contribution in [0, 0.1) is 0 Å². The third-order valence-electron chi connectivity index (χ3n) is 3.49. The molecule has 0 atom stereocenters. The largest absolute Gasteiger partial charge is 0.494 e. The summed E-state index contributed by atoms with van der Waals surface area (Å²) in [4.78, 5) is 0.211. The van der Waals surface area contributed by atoms with Crippen molar-refractivity contribution in [2.75, 3.05) is 13.7 Å². The zero-order valence-electron chi connectivity index (χ0n) is 13.4. The van der Waals surface area contributed by atoms with Crippen molar-refractivity contribution in [1.82, 2.24) is 5.01 Å². The van der Waals surface area contributed by atoms with Gasteiger partial charge in [-0.2, -0.15) is 13.5 Å². The Balaban J connectivity index is 1.81. The lowest BCUT2D eigenvalue weighted by Gasteiger charge is -2.12. The molecule has 24 heavy (non-hydrogen) atoms. The summed E-state index contributed by atoms with van der Waals surface area (Å²) in [6.07, 6.45) is 1.64. The maximum atomic E-state index is 12.1. The maximum absolute atomic E-state index is 12.1. The van der Waals surface area contributed by atoms with Gasteiger partial charge in [0.05, 0.1) is 12.8 Å². The van der Waals surface area contributed by atoms with Crippen LogP contribution in [0.15, 0.2) is 62.9 Å². The van der Waals surface area contributed by atoms with Crippen LogP contribution >= 0.6 is 0 Å². The second-order valence-corrected chi connectivity index (χ2v) is 6.73. The van der Waals surface area contributed by atoms with Crippen LogP contribution in [-0.4, -0.2) is 39.1 Å². The highest BCUT2D eigenvalue weighted by Crippen LogP contribution is 2.26. The topological polar surface area (TPSA) is 71.3 Å². The van der Waals surface area contributed by atoms with Gasteiger partial charge in [0.15, 0.2) is 5.84 Å². The van der Waals surface area contributed by atoms with E-state index in [1.807, 2.05) is 31.2 Å². The second-order valence-electron chi connectivity index (χ2n) is 5.16. The fourth-order valence-corrected chi connectivity index (χ4v) is 3.58. The number of ether oxygens (including phenoxy) is 1. The summed E-state index contributed by atoms with van der Waals surface area (Å²) in [5.74, 6) is 1.11. The van der Waals surface area contributed by atoms with Gasteiger partial charge in [0.1, 0.15) is 10.6 Å². The number of hydrogen-bond donors (Lipinski definition) is 0. The summed E-state index contributed by atoms with van der Waals surface area (Å²) < 4.78 is 33.3. The molecule has 3 rings (SSSR count). The first-order chi connectivity index (χ1) is 11.5. The number of nitrogens with zero attached hydrogens (tertiary/aromatic N) is 3. The first-order valence-corrected chi connectivity index (χ1v) is 8.90. The van der Waals surface area contributed by atoms with Crippen molar-refractivity contribution in [3.8, 4) is 5.75 Å². The molecule has 2 aromatic rings. The number of sulfonamides is 1. The Bertz CT molecular complexity index is 903. The van der Waals surface area contributed by atoms with Gasteiger partial charge in [-0.25, -0.2) is 5.01 Å². The zero-order valence-corrected chi connectivity index (χ0v) is 14.2. The lowest BCUT2D eigenvalue weighted by Crippen LogP contribution is -2.21. The quantitative estimate of drug-likeness (QED) is 0.632. The van der Waals surface area contributed by atoms with Crippen LogP contribution in [0.3, 0.4) is 0 Å². The fourth-order valence-electron chi connectivity index (χ4n) is 2.35. The second kappa shape index (κ2) is 6.45. The molecule has 1 aliphatic rings. The minimum Gasteiger partial charge on any atom is -0.494 e. The van der Waals surface area contributed by atoms with Crippen LogP contribution in [0.1, 0.15) is 18.1 Å². The normalized spacial score (nSPS) is 15.2. The molecule has 124 valence electrons. The van der Waals surface area contributed by atoms with Gasteiger partial charge >= 0.3 is 0 Å². The Morgan fingerprint density at radius 1 is 1.17 bits per heavy atom. The number of hydrogen-bond acceptors (Lipinski definition) is 5. The predicted octanol–water partition coefficient (Wildman–Crippen LogP) is 2.50. The molecule has 1 aliphatic heterocycles. The van der Waals surface area contributed by atoms with Gasteiger partial charge < -0.3 is 4.74 Å². The SMILES string of the molecule is CCOc1ccc(/C=N/N(C)C2=NS(=O)(=O)c3ccccc32)cc1. The Kier molecular flexibility index (Phi) is 4.35. The van der Waals surface area contributed by atoms with E-state index in [4.69, 9.17) is 4.74 Å². The van der Waals surface area contributed by atoms with E-state index in [1.165, 1.54) is 5.01 Å². The van der Waals surface area contributed by atoms with E-state index in [9.17, 15) is 8.42 Å². The van der Waals surface area contributed by atoms with E-state index in [0.29, 0.717) is 18.0 Å². The minimum absolute atomic E-state index is 0.211. The number of amidine groups is 1. The van der Waals surface area contributed by atoms with E-state index in [-0.39, 0.29) is 4.90 Å². The maximum Gasteiger partial charge on any atom is 0.285 e. The summed E-state index contributed by atoms with van der Waals surface area (Å²) in [5, 5.41) is 5.75. The molecule has 0 aromatic heterocycles. The predicted molar refractivity (Wildman–Crippen MR) is 93.1 cm³/mol. The van der Waals surface area contributed by atoms with Crippen molar-refractivity contribution in [1.29, 1.82) is 0 Å². The van der Waals surface area contributed by atoms with Crippen molar-refractivity contribution in [3.63, 3.8) is 0 Å². The first kappa shape index (κ1) is 16.2. The molecule has 0 saturated heterocycles. The van der Waals surface area contributed by atoms with Crippen molar-refractivity contribution >= 4 is 22.1 Å². The Hall–Kier alpha value is -2.67. The first-order valence-electron chi connectivity index (χ1n) is 7.46. The number of fused-ring (bicyclic) bond motifs is 1. The highest BCUT2D eigenvalue weighted by Gasteiger charge is 2.30. The van der Waals surface area contributed by atoms with Gasteiger partial charge in [-0.15, -0.1) is 4.40 Å². The van der Waals surface area contributed by atoms with Crippen molar-refractivity contribution in [2.24, 2.45) is 9.50 Å². The average Bonchev–Trinajstić information content (AvgIpc) is 2.86. The van der Waals surface area contributed by atoms with Crippen LogP contribution in [0.4, 0.5) is 0 Å². The molecule has 0 amide bonds. The standard InChI is InChI=1S/C17H17N3O3S/c1-3-23-14-10-8-13(9-11-14)12-18-20(2)17-15-6-4-5-7-16(15)24(21,22)19-17/h4-12H,3H2,1-2H3/b18-12+. The summed E-state index contributed by atoms with van der Waals surface area (Å²) >= 11 is 0. The Labute approximate surface area is 141 Å². The molecular formula is C17H17N3O3S. The molecule has 0 spiro atoms. The van der Waals surface area contributed by atoms with Crippen LogP contribution in [-0.2, 0) is 10.0 Å². The lowest BCUT2D eigenvalue weighted by molar-refractivity contribution is 0.340. The van der Waals surface area contributed by atoms with Gasteiger partial charge in [-0.3, -0.25) is 0 Å². The number of hydrazone groups is 1. The van der Waals surface area contributed by atoms with Crippen molar-refractivity contribution < 1.29 is 13.2 Å². The average molecular weight is 343 g/mol. The minimum atomic E-state index is -3.64. The Morgan fingerprint density at radius 3 is 2.58 bits per heavy atom.